The third kappa shape index (κ3) is 5.63. The highest BCUT2D eigenvalue weighted by molar-refractivity contribution is 9.09. The summed E-state index contributed by atoms with van der Waals surface area (Å²) >= 11 is 3.41. The van der Waals surface area contributed by atoms with Gasteiger partial charge in [0.25, 0.3) is 0 Å². The van der Waals surface area contributed by atoms with Gasteiger partial charge in [-0.3, -0.25) is 4.79 Å². The number of carbonyl (C=O) groups excluding carboxylic acids is 1. The Kier molecular flexibility index (Phi) is 6.94. The maximum atomic E-state index is 12.9. The summed E-state index contributed by atoms with van der Waals surface area (Å²) in [5.41, 5.74) is 0.709. The molecule has 1 atom stereocenters. The number of alkyl halides is 1. The molecule has 0 bridgehead atoms. The average Bonchev–Trinajstić information content (AvgIpc) is 2.34. The van der Waals surface area contributed by atoms with Gasteiger partial charge < -0.3 is 5.32 Å². The molecule has 0 aliphatic rings. The fraction of sp³-hybridized carbons (Fsp3) is 0.500. The molecule has 0 saturated carbocycles. The van der Waals surface area contributed by atoms with Crippen molar-refractivity contribution in [2.24, 2.45) is 5.92 Å². The second kappa shape index (κ2) is 8.25. The van der Waals surface area contributed by atoms with Crippen molar-refractivity contribution in [1.82, 2.24) is 5.32 Å². The van der Waals surface area contributed by atoms with Crippen LogP contribution in [0.4, 0.5) is 4.39 Å². The number of benzene rings is 1. The standard InChI is InChI=1S/C14H19BrFNO/c1-2-11(6-7-15)10-17-14(18)9-12-4-3-5-13(16)8-12/h3-5,8,11H,2,6-7,9-10H2,1H3,(H,17,18). The molecule has 1 aromatic rings. The molecule has 1 amide bonds. The first kappa shape index (κ1) is 15.2. The smallest absolute Gasteiger partial charge is 0.224 e. The van der Waals surface area contributed by atoms with Gasteiger partial charge in [0.1, 0.15) is 5.82 Å². The molecule has 0 radical (unpaired) electrons. The first-order valence-corrected chi connectivity index (χ1v) is 7.35. The van der Waals surface area contributed by atoms with Crippen LogP contribution in [0.2, 0.25) is 0 Å². The average molecular weight is 316 g/mol. The summed E-state index contributed by atoms with van der Waals surface area (Å²) in [6, 6.07) is 6.16. The number of hydrogen-bond acceptors (Lipinski definition) is 1. The van der Waals surface area contributed by atoms with Crippen molar-refractivity contribution in [3.63, 3.8) is 0 Å². The van der Waals surface area contributed by atoms with Gasteiger partial charge in [-0.05, 0) is 30.0 Å². The molecule has 2 nitrogen and oxygen atoms in total. The molecule has 1 unspecified atom stereocenters. The number of nitrogens with one attached hydrogen (secondary N) is 1. The van der Waals surface area contributed by atoms with Gasteiger partial charge in [0.15, 0.2) is 0 Å². The van der Waals surface area contributed by atoms with Crippen LogP contribution in [-0.4, -0.2) is 17.8 Å². The Morgan fingerprint density at radius 2 is 2.28 bits per heavy atom. The largest absolute Gasteiger partial charge is 0.356 e. The van der Waals surface area contributed by atoms with E-state index in [1.165, 1.54) is 12.1 Å². The van der Waals surface area contributed by atoms with E-state index in [1.807, 2.05) is 0 Å². The molecular formula is C14H19BrFNO. The maximum Gasteiger partial charge on any atom is 0.224 e. The van der Waals surface area contributed by atoms with Crippen molar-refractivity contribution < 1.29 is 9.18 Å². The van der Waals surface area contributed by atoms with Gasteiger partial charge in [0, 0.05) is 11.9 Å². The third-order valence-corrected chi connectivity index (χ3v) is 3.39. The number of carbonyl (C=O) groups is 1. The topological polar surface area (TPSA) is 29.1 Å². The summed E-state index contributed by atoms with van der Waals surface area (Å²) in [6.45, 7) is 2.81. The second-order valence-electron chi connectivity index (χ2n) is 4.36. The van der Waals surface area contributed by atoms with E-state index in [9.17, 15) is 9.18 Å². The molecule has 0 saturated heterocycles. The highest BCUT2D eigenvalue weighted by Crippen LogP contribution is 2.09. The lowest BCUT2D eigenvalue weighted by Gasteiger charge is -2.14. The van der Waals surface area contributed by atoms with E-state index in [2.05, 4.69) is 28.2 Å². The first-order chi connectivity index (χ1) is 8.65. The van der Waals surface area contributed by atoms with E-state index in [0.29, 0.717) is 18.0 Å². The minimum atomic E-state index is -0.300. The van der Waals surface area contributed by atoms with Crippen LogP contribution in [0.3, 0.4) is 0 Å². The zero-order chi connectivity index (χ0) is 13.4. The monoisotopic (exact) mass is 315 g/mol. The lowest BCUT2D eigenvalue weighted by molar-refractivity contribution is -0.120. The fourth-order valence-electron chi connectivity index (χ4n) is 1.76. The SMILES string of the molecule is CCC(CCBr)CNC(=O)Cc1cccc(F)c1. The van der Waals surface area contributed by atoms with E-state index in [1.54, 1.807) is 12.1 Å². The molecule has 0 heterocycles. The molecule has 0 fully saturated rings. The van der Waals surface area contributed by atoms with Gasteiger partial charge in [0.2, 0.25) is 5.91 Å². The van der Waals surface area contributed by atoms with Gasteiger partial charge >= 0.3 is 0 Å². The number of amides is 1. The Hall–Kier alpha value is -0.900. The minimum absolute atomic E-state index is 0.0476. The van der Waals surface area contributed by atoms with E-state index in [4.69, 9.17) is 0 Å². The van der Waals surface area contributed by atoms with Gasteiger partial charge in [0.05, 0.1) is 6.42 Å². The summed E-state index contributed by atoms with van der Waals surface area (Å²) in [7, 11) is 0. The molecule has 0 aliphatic carbocycles. The number of halogens is 2. The molecule has 0 spiro atoms. The predicted molar refractivity (Wildman–Crippen MR) is 75.3 cm³/mol. The summed E-state index contributed by atoms with van der Waals surface area (Å²) in [5, 5.41) is 3.85. The van der Waals surface area contributed by atoms with Crippen LogP contribution in [0, 0.1) is 11.7 Å². The van der Waals surface area contributed by atoms with Gasteiger partial charge in [-0.2, -0.15) is 0 Å². The molecule has 0 aliphatic heterocycles. The molecule has 1 aromatic carbocycles. The van der Waals surface area contributed by atoms with Crippen molar-refractivity contribution >= 4 is 21.8 Å². The highest BCUT2D eigenvalue weighted by Gasteiger charge is 2.08. The van der Waals surface area contributed by atoms with Crippen molar-refractivity contribution in [3.05, 3.63) is 35.6 Å². The number of rotatable bonds is 7. The first-order valence-electron chi connectivity index (χ1n) is 6.22. The van der Waals surface area contributed by atoms with Crippen molar-refractivity contribution in [3.8, 4) is 0 Å². The number of hydrogen-bond donors (Lipinski definition) is 1. The normalized spacial score (nSPS) is 12.2. The zero-order valence-electron chi connectivity index (χ0n) is 10.6. The predicted octanol–water partition coefficient (Wildman–Crippen LogP) is 3.30. The molecular weight excluding hydrogens is 297 g/mol. The quantitative estimate of drug-likeness (QED) is 0.769. The Morgan fingerprint density at radius 1 is 1.50 bits per heavy atom. The minimum Gasteiger partial charge on any atom is -0.356 e. The van der Waals surface area contributed by atoms with E-state index in [-0.39, 0.29) is 18.1 Å². The summed E-state index contributed by atoms with van der Waals surface area (Å²) < 4.78 is 12.9. The molecule has 0 aromatic heterocycles. The van der Waals surface area contributed by atoms with E-state index in [0.717, 1.165) is 18.2 Å². The lowest BCUT2D eigenvalue weighted by Crippen LogP contribution is -2.30. The molecule has 4 heteroatoms. The second-order valence-corrected chi connectivity index (χ2v) is 5.16. The van der Waals surface area contributed by atoms with Crippen LogP contribution in [-0.2, 0) is 11.2 Å². The fourth-order valence-corrected chi connectivity index (χ4v) is 2.41. The Labute approximate surface area is 116 Å². The van der Waals surface area contributed by atoms with Crippen molar-refractivity contribution in [2.75, 3.05) is 11.9 Å². The van der Waals surface area contributed by atoms with Crippen molar-refractivity contribution in [2.45, 2.75) is 26.2 Å². The van der Waals surface area contributed by atoms with Crippen LogP contribution in [0.25, 0.3) is 0 Å². The zero-order valence-corrected chi connectivity index (χ0v) is 12.2. The Balaban J connectivity index is 2.37. The van der Waals surface area contributed by atoms with Gasteiger partial charge in [-0.15, -0.1) is 0 Å². The van der Waals surface area contributed by atoms with Crippen molar-refractivity contribution in [1.29, 1.82) is 0 Å². The van der Waals surface area contributed by atoms with Crippen LogP contribution in [0.5, 0.6) is 0 Å². The Morgan fingerprint density at radius 3 is 2.89 bits per heavy atom. The van der Waals surface area contributed by atoms with Crippen LogP contribution >= 0.6 is 15.9 Å². The van der Waals surface area contributed by atoms with Crippen LogP contribution in [0.15, 0.2) is 24.3 Å². The van der Waals surface area contributed by atoms with Crippen LogP contribution < -0.4 is 5.32 Å². The van der Waals surface area contributed by atoms with E-state index < -0.39 is 0 Å². The third-order valence-electron chi connectivity index (χ3n) is 2.94. The highest BCUT2D eigenvalue weighted by atomic mass is 79.9. The van der Waals surface area contributed by atoms with E-state index >= 15 is 0 Å². The molecule has 100 valence electrons. The molecule has 1 N–H and O–H groups in total. The summed E-state index contributed by atoms with van der Waals surface area (Å²) in [5.74, 6) is 0.153. The Bertz CT molecular complexity index is 384. The van der Waals surface area contributed by atoms with Crippen LogP contribution in [0.1, 0.15) is 25.3 Å². The van der Waals surface area contributed by atoms with Gasteiger partial charge in [-0.1, -0.05) is 41.4 Å². The maximum absolute atomic E-state index is 12.9. The molecule has 18 heavy (non-hydrogen) atoms. The summed E-state index contributed by atoms with van der Waals surface area (Å²) in [6.07, 6.45) is 2.34. The molecule has 1 rings (SSSR count). The van der Waals surface area contributed by atoms with Gasteiger partial charge in [-0.25, -0.2) is 4.39 Å². The summed E-state index contributed by atoms with van der Waals surface area (Å²) in [4.78, 5) is 11.7. The lowest BCUT2D eigenvalue weighted by atomic mass is 10.0.